The first kappa shape index (κ1) is 66.7. The molecule has 39 heteroatoms. The van der Waals surface area contributed by atoms with Crippen molar-refractivity contribution >= 4 is 29.8 Å². The number of allylic oxidation sites excluding steroid dienone is 2. The highest BCUT2D eigenvalue weighted by Gasteiger charge is 2.88. The van der Waals surface area contributed by atoms with Crippen molar-refractivity contribution in [2.24, 2.45) is 10.8 Å². The number of ether oxygens (including phenoxy) is 7. The van der Waals surface area contributed by atoms with Crippen LogP contribution in [0, 0.1) is 10.8 Å². The molecule has 12 nitrogen and oxygen atoms in total. The van der Waals surface area contributed by atoms with Crippen LogP contribution in [-0.2, 0) is 57.1 Å². The Kier molecular flexibility index (Phi) is 23.3. The van der Waals surface area contributed by atoms with E-state index in [-0.39, 0.29) is 0 Å². The summed E-state index contributed by atoms with van der Waals surface area (Å²) in [5, 5.41) is 0. The number of hydrogen-bond acceptors (Lipinski definition) is 12. The summed E-state index contributed by atoms with van der Waals surface area (Å²) in [6.07, 6.45) is -61.8. The molecule has 0 atom stereocenters. The minimum absolute atomic E-state index is 0.742. The molecule has 0 spiro atoms. The van der Waals surface area contributed by atoms with Gasteiger partial charge in [-0.2, -0.15) is 110 Å². The van der Waals surface area contributed by atoms with Gasteiger partial charge in [0.05, 0.1) is 60.0 Å². The van der Waals surface area contributed by atoms with Crippen LogP contribution in [0.5, 0.6) is 0 Å². The van der Waals surface area contributed by atoms with Gasteiger partial charge in [-0.3, -0.25) is 0 Å². The largest absolute Gasteiger partial charge is 0.488 e. The van der Waals surface area contributed by atoms with Crippen LogP contribution in [-0.4, -0.2) is 125 Å². The van der Waals surface area contributed by atoms with E-state index in [2.05, 4.69) is 28.4 Å². The number of esters is 5. The van der Waals surface area contributed by atoms with Gasteiger partial charge >= 0.3 is 72.1 Å². The second-order valence-corrected chi connectivity index (χ2v) is 13.5. The monoisotopic (exact) mass is 1130 g/mol. The zero-order valence-electron chi connectivity index (χ0n) is 34.1. The van der Waals surface area contributed by atoms with Gasteiger partial charge in [0.15, 0.2) is 0 Å². The number of rotatable bonds is 24. The molecule has 0 radical (unpaired) electrons. The molecule has 0 rings (SSSR count). The molecule has 0 amide bonds. The Morgan fingerprint density at radius 3 is 0.658 bits per heavy atom. The molecule has 0 saturated carbocycles. The Morgan fingerprint density at radius 1 is 0.301 bits per heavy atom. The molecule has 0 aliphatic heterocycles. The molecule has 0 aromatic carbocycles. The summed E-state index contributed by atoms with van der Waals surface area (Å²) in [7, 11) is 0. The summed E-state index contributed by atoms with van der Waals surface area (Å²) in [6.45, 7) is -18.7. The molecule has 418 valence electrons. The van der Waals surface area contributed by atoms with Crippen molar-refractivity contribution in [1.29, 1.82) is 0 Å². The second-order valence-electron chi connectivity index (χ2n) is 13.5. The molecule has 0 aromatic heterocycles. The zero-order chi connectivity index (χ0) is 57.6. The average molecular weight is 1130 g/mol. The predicted molar refractivity (Wildman–Crippen MR) is 173 cm³/mol. The molecular formula is C34H21F27O12. The summed E-state index contributed by atoms with van der Waals surface area (Å²) in [5.74, 6) is -17.3. The molecule has 0 aromatic rings. The normalized spacial score (nSPS) is 12.8. The molecule has 0 heterocycles. The molecule has 0 bridgehead atoms. The number of carbonyl (C=O) groups excluding carboxylic acids is 5. The Hall–Kier alpha value is -6.34. The van der Waals surface area contributed by atoms with Crippen LogP contribution in [0.1, 0.15) is 0 Å². The van der Waals surface area contributed by atoms with E-state index in [1.807, 2.05) is 0 Å². The second kappa shape index (κ2) is 25.5. The number of halogens is 27. The lowest BCUT2D eigenvalue weighted by Crippen LogP contribution is -2.66. The van der Waals surface area contributed by atoms with E-state index in [4.69, 9.17) is 4.74 Å². The maximum Gasteiger partial charge on any atom is 0.449 e. The molecule has 0 saturated heterocycles. The first-order chi connectivity index (χ1) is 32.7. The van der Waals surface area contributed by atoms with Crippen molar-refractivity contribution in [3.8, 4) is 0 Å². The van der Waals surface area contributed by atoms with Crippen LogP contribution in [0.4, 0.5) is 119 Å². The Labute approximate surface area is 384 Å². The van der Waals surface area contributed by atoms with Gasteiger partial charge < -0.3 is 33.2 Å². The van der Waals surface area contributed by atoms with E-state index in [1.54, 1.807) is 0 Å². The lowest BCUT2D eigenvalue weighted by atomic mass is 9.79. The van der Waals surface area contributed by atoms with Crippen molar-refractivity contribution in [3.63, 3.8) is 0 Å². The van der Waals surface area contributed by atoms with E-state index in [0.29, 0.717) is 0 Å². The molecular weight excluding hydrogens is 1110 g/mol. The standard InChI is InChI=1S/C34H21F27O12/c35-14(36)1-19(62)68-8-26(9-69-20(63)2-15(37)38,10-70-21(64)3-16(39)40)6-67-7-27(11-71-22(65)4-17(41)42,12-72-23(66)5-18(43)44)13-73-25(30(47,48)49)24(28(45,31(50,51)52)32(53,54)55)29(46,33(56,57)58)34(59,60)61/h1-5H,6-13H2. The maximum atomic E-state index is 15.4. The van der Waals surface area contributed by atoms with Gasteiger partial charge in [-0.05, 0) is 0 Å². The highest BCUT2D eigenvalue weighted by molar-refractivity contribution is 5.84. The highest BCUT2D eigenvalue weighted by atomic mass is 19.4. The highest BCUT2D eigenvalue weighted by Crippen LogP contribution is 2.63. The lowest BCUT2D eigenvalue weighted by molar-refractivity contribution is -0.366. The molecule has 73 heavy (non-hydrogen) atoms. The van der Waals surface area contributed by atoms with Crippen LogP contribution in [0.25, 0.3) is 0 Å². The fraction of sp³-hybridized carbons (Fsp3) is 0.500. The van der Waals surface area contributed by atoms with Crippen molar-refractivity contribution in [2.45, 2.75) is 42.2 Å². The third kappa shape index (κ3) is 19.9. The summed E-state index contributed by atoms with van der Waals surface area (Å²) >= 11 is 0. The van der Waals surface area contributed by atoms with Crippen LogP contribution in [0.2, 0.25) is 0 Å². The van der Waals surface area contributed by atoms with Gasteiger partial charge in [-0.1, -0.05) is 0 Å². The van der Waals surface area contributed by atoms with Crippen molar-refractivity contribution in [2.75, 3.05) is 52.9 Å². The molecule has 0 N–H and O–H groups in total. The number of carbonyl (C=O) groups is 5. The van der Waals surface area contributed by atoms with Crippen LogP contribution in [0.15, 0.2) is 72.1 Å². The summed E-state index contributed by atoms with van der Waals surface area (Å²) in [4.78, 5) is 59.8. The van der Waals surface area contributed by atoms with Crippen molar-refractivity contribution in [3.05, 3.63) is 72.1 Å². The third-order valence-corrected chi connectivity index (χ3v) is 7.81. The topological polar surface area (TPSA) is 150 Å². The number of hydrogen-bond donors (Lipinski definition) is 0. The van der Waals surface area contributed by atoms with Gasteiger partial charge in [0.1, 0.15) is 39.6 Å². The summed E-state index contributed by atoms with van der Waals surface area (Å²) in [5.41, 5.74) is -31.2. The smallest absolute Gasteiger partial charge is 0.449 e. The van der Waals surface area contributed by atoms with Crippen LogP contribution < -0.4 is 0 Å². The SMILES string of the molecule is O=C(C=C(F)F)OCC(COCC(COC(=O)C=C(F)F)(COC(=O)C=C(F)F)COC(=C(C(F)(C(F)(F)F)C(F)(F)F)C(F)(C(F)(F)F)C(F)(F)F)C(F)(F)F)(COC(=O)C=C(F)F)COC(=O)C=C(F)F. The van der Waals surface area contributed by atoms with Gasteiger partial charge in [0, 0.05) is 0 Å². The number of alkyl halides is 17. The minimum Gasteiger partial charge on any atom is -0.488 e. The fourth-order valence-corrected chi connectivity index (χ4v) is 4.72. The summed E-state index contributed by atoms with van der Waals surface area (Å²) < 4.78 is 398. The third-order valence-electron chi connectivity index (χ3n) is 7.81. The average Bonchev–Trinajstić information content (AvgIpc) is 3.17. The van der Waals surface area contributed by atoms with Gasteiger partial charge in [-0.25, -0.2) is 32.8 Å². The molecule has 0 fully saturated rings. The van der Waals surface area contributed by atoms with E-state index >= 15 is 8.78 Å². The first-order valence-electron chi connectivity index (χ1n) is 17.4. The molecule has 0 aliphatic rings. The van der Waals surface area contributed by atoms with E-state index < -0.39 is 208 Å². The minimum atomic E-state index is -8.87. The van der Waals surface area contributed by atoms with Gasteiger partial charge in [0.25, 0.3) is 30.4 Å². The van der Waals surface area contributed by atoms with Crippen molar-refractivity contribution < 1.29 is 176 Å². The Balaban J connectivity index is 8.94. The van der Waals surface area contributed by atoms with Gasteiger partial charge in [-0.15, -0.1) is 0 Å². The first-order valence-corrected chi connectivity index (χ1v) is 17.4. The molecule has 0 unspecified atom stereocenters. The van der Waals surface area contributed by atoms with Gasteiger partial charge in [0.2, 0.25) is 5.76 Å². The predicted octanol–water partition coefficient (Wildman–Crippen LogP) is 10.1. The quantitative estimate of drug-likeness (QED) is 0.0298. The molecule has 0 aliphatic carbocycles. The van der Waals surface area contributed by atoms with E-state index in [1.165, 1.54) is 0 Å². The van der Waals surface area contributed by atoms with E-state index in [0.717, 1.165) is 0 Å². The maximum absolute atomic E-state index is 15.4. The Bertz CT molecular complexity index is 1960. The van der Waals surface area contributed by atoms with E-state index in [9.17, 15) is 134 Å². The Morgan fingerprint density at radius 2 is 0.493 bits per heavy atom. The summed E-state index contributed by atoms with van der Waals surface area (Å²) in [6, 6.07) is 0. The lowest BCUT2D eigenvalue weighted by Gasteiger charge is -2.41. The van der Waals surface area contributed by atoms with Crippen LogP contribution >= 0.6 is 0 Å². The van der Waals surface area contributed by atoms with Crippen molar-refractivity contribution in [1.82, 2.24) is 0 Å². The van der Waals surface area contributed by atoms with Crippen LogP contribution in [0.3, 0.4) is 0 Å². The zero-order valence-corrected chi connectivity index (χ0v) is 34.1. The fourth-order valence-electron chi connectivity index (χ4n) is 4.72.